The quantitative estimate of drug-likeness (QED) is 0.794. The fourth-order valence-electron chi connectivity index (χ4n) is 2.33. The molecule has 0 aromatic heterocycles. The van der Waals surface area contributed by atoms with Crippen LogP contribution in [0.5, 0.6) is 0 Å². The average Bonchev–Trinajstić information content (AvgIpc) is 2.72. The summed E-state index contributed by atoms with van der Waals surface area (Å²) in [4.78, 5) is 23.1. The van der Waals surface area contributed by atoms with Crippen molar-refractivity contribution in [2.24, 2.45) is 0 Å². The number of carbonyl (C=O) groups excluding carboxylic acids is 2. The molecule has 0 radical (unpaired) electrons. The zero-order chi connectivity index (χ0) is 15.6. The predicted molar refractivity (Wildman–Crippen MR) is 75.3 cm³/mol. The van der Waals surface area contributed by atoms with Crippen molar-refractivity contribution in [2.45, 2.75) is 63.3 Å². The third-order valence-corrected chi connectivity index (χ3v) is 5.61. The zero-order valence-electron chi connectivity index (χ0n) is 12.4. The molecule has 116 valence electrons. The largest absolute Gasteiger partial charge is 0.444 e. The highest BCUT2D eigenvalue weighted by atomic mass is 32.2. The van der Waals surface area contributed by atoms with Crippen molar-refractivity contribution in [2.75, 3.05) is 5.75 Å². The van der Waals surface area contributed by atoms with Gasteiger partial charge in [-0.05, 0) is 40.0 Å². The van der Waals surface area contributed by atoms with E-state index in [1.54, 1.807) is 27.7 Å². The van der Waals surface area contributed by atoms with E-state index in [1.807, 2.05) is 0 Å². The number of alkyl carbamates (subject to hydrolysis) is 1. The van der Waals surface area contributed by atoms with Crippen LogP contribution in [-0.2, 0) is 19.4 Å². The molecule has 1 fully saturated rings. The normalized spacial score (nSPS) is 27.1. The summed E-state index contributed by atoms with van der Waals surface area (Å²) in [5.41, 5.74) is -1.79. The maximum Gasteiger partial charge on any atom is 0.408 e. The topological polar surface area (TPSA) is 89.5 Å². The molecule has 7 heteroatoms. The molecule has 0 aliphatic heterocycles. The van der Waals surface area contributed by atoms with E-state index in [0.717, 1.165) is 0 Å². The number of sulfone groups is 1. The van der Waals surface area contributed by atoms with Crippen molar-refractivity contribution in [3.63, 3.8) is 0 Å². The molecule has 0 spiro atoms. The number of amides is 1. The summed E-state index contributed by atoms with van der Waals surface area (Å²) in [6.45, 7) is 6.75. The highest BCUT2D eigenvalue weighted by Gasteiger charge is 2.45. The van der Waals surface area contributed by atoms with Crippen LogP contribution >= 0.6 is 0 Å². The first kappa shape index (κ1) is 16.9. The second kappa shape index (κ2) is 5.71. The second-order valence-electron chi connectivity index (χ2n) is 6.22. The summed E-state index contributed by atoms with van der Waals surface area (Å²) >= 11 is 0. The average molecular weight is 305 g/mol. The Morgan fingerprint density at radius 2 is 2.05 bits per heavy atom. The molecule has 1 rings (SSSR count). The van der Waals surface area contributed by atoms with E-state index in [4.69, 9.17) is 4.74 Å². The Labute approximate surface area is 120 Å². The molecule has 0 bridgehead atoms. The molecule has 0 saturated heterocycles. The van der Waals surface area contributed by atoms with Gasteiger partial charge in [0.2, 0.25) is 0 Å². The lowest BCUT2D eigenvalue weighted by Gasteiger charge is -2.27. The van der Waals surface area contributed by atoms with Crippen molar-refractivity contribution in [3.05, 3.63) is 0 Å². The molecule has 0 heterocycles. The lowest BCUT2D eigenvalue weighted by molar-refractivity contribution is -0.113. The Morgan fingerprint density at radius 3 is 2.50 bits per heavy atom. The third-order valence-electron chi connectivity index (χ3n) is 3.39. The van der Waals surface area contributed by atoms with E-state index in [1.165, 1.54) is 0 Å². The molecule has 2 atom stereocenters. The van der Waals surface area contributed by atoms with Gasteiger partial charge in [-0.25, -0.2) is 13.2 Å². The van der Waals surface area contributed by atoms with Crippen LogP contribution in [0.2, 0.25) is 0 Å². The summed E-state index contributed by atoms with van der Waals surface area (Å²) in [7, 11) is -3.20. The van der Waals surface area contributed by atoms with Gasteiger partial charge in [0.15, 0.2) is 9.84 Å². The van der Waals surface area contributed by atoms with E-state index in [-0.39, 0.29) is 12.2 Å². The molecule has 20 heavy (non-hydrogen) atoms. The van der Waals surface area contributed by atoms with Crippen molar-refractivity contribution in [1.82, 2.24) is 5.32 Å². The summed E-state index contributed by atoms with van der Waals surface area (Å²) in [6.07, 6.45) is 0.748. The van der Waals surface area contributed by atoms with Gasteiger partial charge in [0.1, 0.15) is 17.4 Å². The van der Waals surface area contributed by atoms with E-state index in [2.05, 4.69) is 5.32 Å². The van der Waals surface area contributed by atoms with Crippen LogP contribution in [0.1, 0.15) is 47.0 Å². The van der Waals surface area contributed by atoms with E-state index >= 15 is 0 Å². The first-order valence-electron chi connectivity index (χ1n) is 6.73. The highest BCUT2D eigenvalue weighted by molar-refractivity contribution is 7.92. The zero-order valence-corrected chi connectivity index (χ0v) is 13.2. The number of hydrogen-bond acceptors (Lipinski definition) is 5. The Hall–Kier alpha value is -1.11. The maximum atomic E-state index is 11.9. The number of ether oxygens (including phenoxy) is 1. The number of aldehydes is 1. The standard InChI is InChI=1S/C13H23NO5S/c1-5-20(17,18)10-6-7-13(8-10,9-15)14-11(16)19-12(2,3)4/h9-10H,5-8H2,1-4H3,(H,14,16)/t10-,13-/m1/s1. The Balaban J connectivity index is 2.77. The van der Waals surface area contributed by atoms with Crippen LogP contribution in [0.4, 0.5) is 4.79 Å². The first-order chi connectivity index (χ1) is 9.03. The van der Waals surface area contributed by atoms with Crippen LogP contribution in [0.15, 0.2) is 0 Å². The summed E-state index contributed by atoms with van der Waals surface area (Å²) < 4.78 is 28.8. The van der Waals surface area contributed by atoms with E-state index in [0.29, 0.717) is 19.1 Å². The van der Waals surface area contributed by atoms with Gasteiger partial charge in [0.05, 0.1) is 5.25 Å². The molecule has 1 aliphatic carbocycles. The van der Waals surface area contributed by atoms with Crippen molar-refractivity contribution < 1.29 is 22.7 Å². The van der Waals surface area contributed by atoms with Gasteiger partial charge in [0, 0.05) is 5.75 Å². The number of rotatable bonds is 4. The van der Waals surface area contributed by atoms with Gasteiger partial charge in [-0.2, -0.15) is 0 Å². The van der Waals surface area contributed by atoms with Crippen LogP contribution in [0.3, 0.4) is 0 Å². The lowest BCUT2D eigenvalue weighted by atomic mass is 10.0. The summed E-state index contributed by atoms with van der Waals surface area (Å²) in [5, 5.41) is 1.95. The lowest BCUT2D eigenvalue weighted by Crippen LogP contribution is -2.50. The van der Waals surface area contributed by atoms with Gasteiger partial charge >= 0.3 is 6.09 Å². The molecular weight excluding hydrogens is 282 g/mol. The number of hydrogen-bond donors (Lipinski definition) is 1. The second-order valence-corrected chi connectivity index (χ2v) is 8.79. The minimum absolute atomic E-state index is 0.0407. The van der Waals surface area contributed by atoms with Crippen molar-refractivity contribution in [1.29, 1.82) is 0 Å². The monoisotopic (exact) mass is 305 g/mol. The van der Waals surface area contributed by atoms with Gasteiger partial charge in [-0.15, -0.1) is 0 Å². The SMILES string of the molecule is CCS(=O)(=O)[C@@H]1CC[C@@](C=O)(NC(=O)OC(C)(C)C)C1. The molecule has 1 amide bonds. The van der Waals surface area contributed by atoms with Gasteiger partial charge in [-0.1, -0.05) is 6.92 Å². The molecule has 1 saturated carbocycles. The van der Waals surface area contributed by atoms with E-state index in [9.17, 15) is 18.0 Å². The maximum absolute atomic E-state index is 11.9. The van der Waals surface area contributed by atoms with Gasteiger partial charge in [0.25, 0.3) is 0 Å². The number of carbonyl (C=O) groups is 2. The van der Waals surface area contributed by atoms with E-state index < -0.39 is 32.3 Å². The molecule has 6 nitrogen and oxygen atoms in total. The van der Waals surface area contributed by atoms with Crippen molar-refractivity contribution in [3.8, 4) is 0 Å². The Bertz CT molecular complexity index is 479. The minimum atomic E-state index is -3.20. The van der Waals surface area contributed by atoms with Crippen molar-refractivity contribution >= 4 is 22.2 Å². The fourth-order valence-corrected chi connectivity index (χ4v) is 3.83. The third kappa shape index (κ3) is 4.19. The molecule has 0 aromatic carbocycles. The van der Waals surface area contributed by atoms with Crippen LogP contribution in [-0.4, -0.2) is 42.9 Å². The van der Waals surface area contributed by atoms with Gasteiger partial charge in [-0.3, -0.25) is 0 Å². The van der Waals surface area contributed by atoms with Crippen LogP contribution in [0.25, 0.3) is 0 Å². The molecule has 1 aliphatic rings. The molecule has 0 unspecified atom stereocenters. The summed E-state index contributed by atoms with van der Waals surface area (Å²) in [6, 6.07) is 0. The molecule has 0 aromatic rings. The molecular formula is C13H23NO5S. The Morgan fingerprint density at radius 1 is 1.45 bits per heavy atom. The minimum Gasteiger partial charge on any atom is -0.444 e. The summed E-state index contributed by atoms with van der Waals surface area (Å²) in [5.74, 6) is 0.0407. The fraction of sp³-hybridized carbons (Fsp3) is 0.846. The smallest absolute Gasteiger partial charge is 0.408 e. The van der Waals surface area contributed by atoms with Gasteiger partial charge < -0.3 is 14.8 Å². The molecule has 1 N–H and O–H groups in total. The predicted octanol–water partition coefficient (Wildman–Crippen LogP) is 1.44. The Kier molecular flexibility index (Phi) is 4.84. The number of nitrogens with one attached hydrogen (secondary N) is 1. The first-order valence-corrected chi connectivity index (χ1v) is 8.44. The van der Waals surface area contributed by atoms with Crippen LogP contribution < -0.4 is 5.32 Å². The van der Waals surface area contributed by atoms with Crippen LogP contribution in [0, 0.1) is 0 Å². The highest BCUT2D eigenvalue weighted by Crippen LogP contribution is 2.33.